The molecule has 138 valence electrons. The van der Waals surface area contributed by atoms with Crippen LogP contribution in [0.2, 0.25) is 0 Å². The largest absolute Gasteiger partial charge is 0.495 e. The Morgan fingerprint density at radius 3 is 2.96 bits per heavy atom. The number of methoxy groups -OCH3 is 1. The minimum atomic E-state index is -0.0420. The summed E-state index contributed by atoms with van der Waals surface area (Å²) in [6.45, 7) is 5.01. The molecule has 0 aromatic carbocycles. The third-order valence-corrected chi connectivity index (χ3v) is 6.00. The average molecular weight is 365 g/mol. The summed E-state index contributed by atoms with van der Waals surface area (Å²) < 4.78 is 5.34. The van der Waals surface area contributed by atoms with Gasteiger partial charge >= 0.3 is 0 Å². The van der Waals surface area contributed by atoms with Gasteiger partial charge in [-0.15, -0.1) is 11.3 Å². The number of amides is 2. The van der Waals surface area contributed by atoms with Gasteiger partial charge in [0, 0.05) is 24.5 Å². The van der Waals surface area contributed by atoms with Gasteiger partial charge in [-0.3, -0.25) is 9.59 Å². The van der Waals surface area contributed by atoms with Crippen LogP contribution in [0.4, 0.5) is 0 Å². The molecule has 2 atom stereocenters. The predicted molar refractivity (Wildman–Crippen MR) is 98.3 cm³/mol. The molecule has 6 nitrogen and oxygen atoms in total. The van der Waals surface area contributed by atoms with E-state index in [0.29, 0.717) is 29.6 Å². The Bertz CT molecular complexity index is 625. The Hall–Kier alpha value is -1.60. The highest BCUT2D eigenvalue weighted by Crippen LogP contribution is 2.31. The van der Waals surface area contributed by atoms with Crippen molar-refractivity contribution < 1.29 is 14.3 Å². The second-order valence-corrected chi connectivity index (χ2v) is 8.16. The Labute approximate surface area is 152 Å². The van der Waals surface area contributed by atoms with Crippen LogP contribution < -0.4 is 15.4 Å². The molecule has 2 fully saturated rings. The number of hydrogen-bond acceptors (Lipinski definition) is 5. The molecule has 7 heteroatoms. The number of ether oxygens (including phenoxy) is 1. The second kappa shape index (κ2) is 8.19. The van der Waals surface area contributed by atoms with Crippen molar-refractivity contribution in [3.05, 3.63) is 15.8 Å². The fraction of sp³-hybridized carbons (Fsp3) is 0.667. The highest BCUT2D eigenvalue weighted by atomic mass is 32.1. The van der Waals surface area contributed by atoms with Crippen molar-refractivity contribution in [1.82, 2.24) is 15.5 Å². The molecule has 0 radical (unpaired) electrons. The summed E-state index contributed by atoms with van der Waals surface area (Å²) >= 11 is 1.48. The van der Waals surface area contributed by atoms with Gasteiger partial charge in [0.05, 0.1) is 13.2 Å². The van der Waals surface area contributed by atoms with Gasteiger partial charge in [-0.25, -0.2) is 0 Å². The van der Waals surface area contributed by atoms with Gasteiger partial charge < -0.3 is 20.3 Å². The number of rotatable bonds is 5. The van der Waals surface area contributed by atoms with Crippen molar-refractivity contribution >= 4 is 23.2 Å². The standard InChI is InChI=1S/C18H27N3O3S/c1-12-9-15(24-2)16(25-12)18(23)21-8-4-5-13(11-21)10-20-17(22)14-6-3-7-19-14/h9,13-14,19H,3-8,10-11H2,1-2H3,(H,20,22). The number of nitrogens with one attached hydrogen (secondary N) is 2. The second-order valence-electron chi connectivity index (χ2n) is 6.91. The van der Waals surface area contributed by atoms with Gasteiger partial charge in [-0.2, -0.15) is 0 Å². The van der Waals surface area contributed by atoms with Crippen LogP contribution in [-0.4, -0.2) is 56.0 Å². The summed E-state index contributed by atoms with van der Waals surface area (Å²) in [4.78, 5) is 28.6. The van der Waals surface area contributed by atoms with E-state index in [4.69, 9.17) is 4.74 Å². The lowest BCUT2D eigenvalue weighted by molar-refractivity contribution is -0.123. The zero-order valence-electron chi connectivity index (χ0n) is 15.0. The molecular formula is C18H27N3O3S. The maximum Gasteiger partial charge on any atom is 0.267 e. The number of aryl methyl sites for hydroxylation is 1. The van der Waals surface area contributed by atoms with E-state index in [0.717, 1.165) is 43.6 Å². The van der Waals surface area contributed by atoms with E-state index in [-0.39, 0.29) is 17.9 Å². The van der Waals surface area contributed by atoms with Crippen molar-refractivity contribution in [3.8, 4) is 5.75 Å². The predicted octanol–water partition coefficient (Wildman–Crippen LogP) is 1.79. The maximum absolute atomic E-state index is 12.8. The molecule has 2 aliphatic heterocycles. The molecule has 0 spiro atoms. The van der Waals surface area contributed by atoms with Crippen molar-refractivity contribution in [1.29, 1.82) is 0 Å². The van der Waals surface area contributed by atoms with Crippen molar-refractivity contribution in [2.45, 2.75) is 38.6 Å². The monoisotopic (exact) mass is 365 g/mol. The Morgan fingerprint density at radius 2 is 2.24 bits per heavy atom. The molecule has 2 aliphatic rings. The first-order chi connectivity index (χ1) is 12.1. The lowest BCUT2D eigenvalue weighted by Gasteiger charge is -2.33. The molecule has 25 heavy (non-hydrogen) atoms. The summed E-state index contributed by atoms with van der Waals surface area (Å²) in [5, 5.41) is 6.28. The number of nitrogens with zero attached hydrogens (tertiary/aromatic N) is 1. The van der Waals surface area contributed by atoms with Crippen LogP contribution in [0, 0.1) is 12.8 Å². The molecule has 1 aromatic rings. The smallest absolute Gasteiger partial charge is 0.267 e. The number of likely N-dealkylation sites (tertiary alicyclic amines) is 1. The fourth-order valence-corrected chi connectivity index (χ4v) is 4.57. The zero-order valence-corrected chi connectivity index (χ0v) is 15.8. The van der Waals surface area contributed by atoms with Crippen LogP contribution in [0.1, 0.15) is 40.2 Å². The van der Waals surface area contributed by atoms with Crippen molar-refractivity contribution in [2.24, 2.45) is 5.92 Å². The summed E-state index contributed by atoms with van der Waals surface area (Å²) in [6.07, 6.45) is 3.99. The minimum absolute atomic E-state index is 0.0420. The van der Waals surface area contributed by atoms with Crippen molar-refractivity contribution in [3.63, 3.8) is 0 Å². The van der Waals surface area contributed by atoms with Crippen molar-refractivity contribution in [2.75, 3.05) is 33.3 Å². The number of carbonyl (C=O) groups excluding carboxylic acids is 2. The lowest BCUT2D eigenvalue weighted by atomic mass is 9.97. The van der Waals surface area contributed by atoms with Crippen LogP contribution in [-0.2, 0) is 4.79 Å². The van der Waals surface area contributed by atoms with Crippen LogP contribution in [0.5, 0.6) is 5.75 Å². The number of piperidine rings is 1. The Balaban J connectivity index is 1.55. The molecule has 0 saturated carbocycles. The van der Waals surface area contributed by atoms with E-state index >= 15 is 0 Å². The van der Waals surface area contributed by atoms with E-state index in [2.05, 4.69) is 10.6 Å². The van der Waals surface area contributed by atoms with Crippen LogP contribution in [0.15, 0.2) is 6.07 Å². The molecule has 2 unspecified atom stereocenters. The number of hydrogen-bond donors (Lipinski definition) is 2. The maximum atomic E-state index is 12.8. The molecule has 2 saturated heterocycles. The number of carbonyl (C=O) groups is 2. The molecule has 3 rings (SSSR count). The Kier molecular flexibility index (Phi) is 5.96. The normalized spacial score (nSPS) is 23.5. The Morgan fingerprint density at radius 1 is 1.40 bits per heavy atom. The first-order valence-electron chi connectivity index (χ1n) is 9.03. The van der Waals surface area contributed by atoms with Gasteiger partial charge in [0.25, 0.3) is 5.91 Å². The minimum Gasteiger partial charge on any atom is -0.495 e. The van der Waals surface area contributed by atoms with Crippen LogP contribution in [0.25, 0.3) is 0 Å². The van der Waals surface area contributed by atoms with E-state index in [9.17, 15) is 9.59 Å². The molecule has 0 bridgehead atoms. The molecule has 1 aromatic heterocycles. The summed E-state index contributed by atoms with van der Waals surface area (Å²) in [5.41, 5.74) is 0. The van der Waals surface area contributed by atoms with E-state index in [1.807, 2.05) is 17.9 Å². The molecular weight excluding hydrogens is 338 g/mol. The zero-order chi connectivity index (χ0) is 17.8. The summed E-state index contributed by atoms with van der Waals surface area (Å²) in [7, 11) is 1.60. The van der Waals surface area contributed by atoms with Gasteiger partial charge in [0.2, 0.25) is 5.91 Å². The lowest BCUT2D eigenvalue weighted by Crippen LogP contribution is -2.46. The number of thiophene rings is 1. The van der Waals surface area contributed by atoms with Gasteiger partial charge in [-0.05, 0) is 51.1 Å². The van der Waals surface area contributed by atoms with Crippen LogP contribution >= 0.6 is 11.3 Å². The first-order valence-corrected chi connectivity index (χ1v) is 9.85. The quantitative estimate of drug-likeness (QED) is 0.835. The summed E-state index contributed by atoms with van der Waals surface area (Å²) in [5.74, 6) is 1.12. The molecule has 0 aliphatic carbocycles. The fourth-order valence-electron chi connectivity index (χ4n) is 3.63. The van der Waals surface area contributed by atoms with E-state index in [1.165, 1.54) is 11.3 Å². The van der Waals surface area contributed by atoms with Gasteiger partial charge in [0.1, 0.15) is 10.6 Å². The topological polar surface area (TPSA) is 70.7 Å². The molecule has 3 heterocycles. The highest BCUT2D eigenvalue weighted by molar-refractivity contribution is 7.14. The molecule has 2 N–H and O–H groups in total. The third kappa shape index (κ3) is 4.33. The van der Waals surface area contributed by atoms with E-state index in [1.54, 1.807) is 7.11 Å². The first kappa shape index (κ1) is 18.2. The SMILES string of the molecule is COc1cc(C)sc1C(=O)N1CCCC(CNC(=O)C2CCCN2)C1. The highest BCUT2D eigenvalue weighted by Gasteiger charge is 2.28. The molecule has 2 amide bonds. The summed E-state index contributed by atoms with van der Waals surface area (Å²) in [6, 6.07) is 1.87. The van der Waals surface area contributed by atoms with E-state index < -0.39 is 0 Å². The van der Waals surface area contributed by atoms with Gasteiger partial charge in [-0.1, -0.05) is 0 Å². The van der Waals surface area contributed by atoms with Crippen LogP contribution in [0.3, 0.4) is 0 Å². The third-order valence-electron chi connectivity index (χ3n) is 4.98. The van der Waals surface area contributed by atoms with Gasteiger partial charge in [0.15, 0.2) is 0 Å². The average Bonchev–Trinajstić information content (AvgIpc) is 3.28.